The molecule has 1 amide bonds. The smallest absolute Gasteiger partial charge is 0.324 e. The summed E-state index contributed by atoms with van der Waals surface area (Å²) in [5.74, 6) is -0.308. The van der Waals surface area contributed by atoms with Crippen molar-refractivity contribution >= 4 is 44.8 Å². The molecule has 31 heavy (non-hydrogen) atoms. The van der Waals surface area contributed by atoms with Crippen LogP contribution < -0.4 is 5.32 Å². The van der Waals surface area contributed by atoms with E-state index in [1.807, 2.05) is 0 Å². The first-order valence-corrected chi connectivity index (χ1v) is 11.3. The van der Waals surface area contributed by atoms with Crippen LogP contribution in [-0.2, 0) is 21.0 Å². The number of piperazine rings is 1. The summed E-state index contributed by atoms with van der Waals surface area (Å²) in [6, 6.07) is 9.28. The summed E-state index contributed by atoms with van der Waals surface area (Å²) in [6.07, 6.45) is -4.77. The Morgan fingerprint density at radius 2 is 1.65 bits per heavy atom. The van der Waals surface area contributed by atoms with E-state index in [2.05, 4.69) is 5.32 Å². The Morgan fingerprint density at radius 1 is 1.00 bits per heavy atom. The highest BCUT2D eigenvalue weighted by Gasteiger charge is 2.36. The zero-order chi connectivity index (χ0) is 22.8. The molecule has 1 heterocycles. The van der Waals surface area contributed by atoms with Gasteiger partial charge in [0.15, 0.2) is 0 Å². The van der Waals surface area contributed by atoms with Crippen molar-refractivity contribution in [3.8, 4) is 0 Å². The second kappa shape index (κ2) is 9.33. The lowest BCUT2D eigenvalue weighted by Crippen LogP contribution is -2.50. The van der Waals surface area contributed by atoms with Gasteiger partial charge in [0.25, 0.3) is 0 Å². The molecule has 0 saturated carbocycles. The molecule has 3 rings (SSSR count). The minimum Gasteiger partial charge on any atom is -0.324 e. The van der Waals surface area contributed by atoms with Gasteiger partial charge in [-0.15, -0.1) is 0 Å². The molecule has 0 unspecified atom stereocenters. The molecule has 12 heteroatoms. The molecule has 6 nitrogen and oxygen atoms in total. The lowest BCUT2D eigenvalue weighted by Gasteiger charge is -2.33. The zero-order valence-corrected chi connectivity index (χ0v) is 18.3. The fourth-order valence-electron chi connectivity index (χ4n) is 3.11. The van der Waals surface area contributed by atoms with Gasteiger partial charge in [-0.3, -0.25) is 9.69 Å². The molecule has 0 aromatic heterocycles. The number of hydrogen-bond donors (Lipinski definition) is 1. The van der Waals surface area contributed by atoms with Gasteiger partial charge in [0.05, 0.1) is 32.7 Å². The largest absolute Gasteiger partial charge is 0.417 e. The Kier molecular flexibility index (Phi) is 7.17. The number of carbonyl (C=O) groups excluding carboxylic acids is 1. The number of nitrogens with zero attached hydrogens (tertiary/aromatic N) is 2. The Balaban J connectivity index is 1.62. The number of hydrogen-bond acceptors (Lipinski definition) is 4. The van der Waals surface area contributed by atoms with E-state index in [-0.39, 0.29) is 38.6 Å². The lowest BCUT2D eigenvalue weighted by molar-refractivity contribution is -0.137. The van der Waals surface area contributed by atoms with Crippen LogP contribution in [0.4, 0.5) is 18.9 Å². The second-order valence-electron chi connectivity index (χ2n) is 6.85. The summed E-state index contributed by atoms with van der Waals surface area (Å²) in [4.78, 5) is 13.5. The molecule has 1 aliphatic heterocycles. The van der Waals surface area contributed by atoms with Crippen molar-refractivity contribution in [1.82, 2.24) is 9.21 Å². The van der Waals surface area contributed by atoms with Crippen LogP contribution in [0.1, 0.15) is 5.56 Å². The molecule has 0 radical (unpaired) electrons. The van der Waals surface area contributed by atoms with Gasteiger partial charge in [-0.05, 0) is 30.3 Å². The number of halogens is 5. The summed E-state index contributed by atoms with van der Waals surface area (Å²) >= 11 is 11.6. The monoisotopic (exact) mass is 495 g/mol. The highest BCUT2D eigenvalue weighted by Crippen LogP contribution is 2.36. The third-order valence-electron chi connectivity index (χ3n) is 4.73. The minimum atomic E-state index is -4.77. The molecular weight excluding hydrogens is 478 g/mol. The Morgan fingerprint density at radius 3 is 2.26 bits per heavy atom. The number of anilines is 1. The van der Waals surface area contributed by atoms with Crippen molar-refractivity contribution in [2.75, 3.05) is 38.0 Å². The fourth-order valence-corrected chi connectivity index (χ4v) is 4.97. The van der Waals surface area contributed by atoms with Gasteiger partial charge in [-0.2, -0.15) is 17.5 Å². The lowest BCUT2D eigenvalue weighted by atomic mass is 10.2. The number of nitrogens with one attached hydrogen (secondary N) is 1. The molecule has 0 aliphatic carbocycles. The normalized spacial score (nSPS) is 16.3. The summed E-state index contributed by atoms with van der Waals surface area (Å²) in [7, 11) is -4.14. The van der Waals surface area contributed by atoms with Crippen LogP contribution in [-0.4, -0.2) is 56.3 Å². The van der Waals surface area contributed by atoms with Crippen LogP contribution in [0.5, 0.6) is 0 Å². The SMILES string of the molecule is O=C(CN1CCN(S(=O)(=O)c2ccc(Cl)c(C(F)(F)F)c2)CC1)Nc1ccccc1Cl. The van der Waals surface area contributed by atoms with E-state index in [1.54, 1.807) is 29.2 Å². The summed E-state index contributed by atoms with van der Waals surface area (Å²) in [6.45, 7) is 0.583. The van der Waals surface area contributed by atoms with E-state index in [4.69, 9.17) is 23.2 Å². The molecule has 2 aromatic carbocycles. The predicted octanol–water partition coefficient (Wildman–Crippen LogP) is 3.96. The highest BCUT2D eigenvalue weighted by atomic mass is 35.5. The van der Waals surface area contributed by atoms with Crippen LogP contribution >= 0.6 is 23.2 Å². The van der Waals surface area contributed by atoms with Crippen molar-refractivity contribution in [1.29, 1.82) is 0 Å². The molecule has 0 spiro atoms. The van der Waals surface area contributed by atoms with Crippen molar-refractivity contribution in [2.45, 2.75) is 11.1 Å². The Labute approximate surface area is 187 Å². The number of amides is 1. The summed E-state index contributed by atoms with van der Waals surface area (Å²) in [5, 5.41) is 2.51. The van der Waals surface area contributed by atoms with Crippen molar-refractivity contribution in [3.05, 3.63) is 58.1 Å². The summed E-state index contributed by atoms with van der Waals surface area (Å²) < 4.78 is 65.9. The van der Waals surface area contributed by atoms with Crippen LogP contribution in [0.15, 0.2) is 47.4 Å². The van der Waals surface area contributed by atoms with E-state index in [9.17, 15) is 26.4 Å². The van der Waals surface area contributed by atoms with E-state index in [0.717, 1.165) is 16.4 Å². The average molecular weight is 496 g/mol. The third-order valence-corrected chi connectivity index (χ3v) is 7.28. The molecule has 2 aromatic rings. The summed E-state index contributed by atoms with van der Waals surface area (Å²) in [5.41, 5.74) is -0.733. The molecule has 168 valence electrons. The van der Waals surface area contributed by atoms with Crippen molar-refractivity contribution in [2.24, 2.45) is 0 Å². The molecular formula is C19H18Cl2F3N3O3S. The van der Waals surface area contributed by atoms with Crippen molar-refractivity contribution < 1.29 is 26.4 Å². The molecule has 1 N–H and O–H groups in total. The minimum absolute atomic E-state index is 0.0261. The van der Waals surface area contributed by atoms with E-state index < -0.39 is 31.7 Å². The molecule has 1 saturated heterocycles. The maximum atomic E-state index is 13.1. The van der Waals surface area contributed by atoms with Gasteiger partial charge in [0, 0.05) is 26.2 Å². The third kappa shape index (κ3) is 5.69. The van der Waals surface area contributed by atoms with E-state index in [0.29, 0.717) is 16.8 Å². The molecule has 0 atom stereocenters. The maximum absolute atomic E-state index is 13.1. The van der Waals surface area contributed by atoms with Gasteiger partial charge in [0.2, 0.25) is 15.9 Å². The van der Waals surface area contributed by atoms with Crippen LogP contribution in [0, 0.1) is 0 Å². The molecule has 1 aliphatic rings. The number of sulfonamides is 1. The predicted molar refractivity (Wildman–Crippen MR) is 112 cm³/mol. The average Bonchev–Trinajstić information content (AvgIpc) is 2.69. The fraction of sp³-hybridized carbons (Fsp3) is 0.316. The first kappa shape index (κ1) is 23.8. The van der Waals surface area contributed by atoms with Gasteiger partial charge in [0.1, 0.15) is 0 Å². The van der Waals surface area contributed by atoms with Crippen LogP contribution in [0.3, 0.4) is 0 Å². The number of alkyl halides is 3. The Bertz CT molecular complexity index is 1070. The number of carbonyl (C=O) groups is 1. The first-order chi connectivity index (χ1) is 14.5. The van der Waals surface area contributed by atoms with Gasteiger partial charge in [-0.1, -0.05) is 35.3 Å². The Hall–Kier alpha value is -1.85. The van der Waals surface area contributed by atoms with Gasteiger partial charge < -0.3 is 5.32 Å². The highest BCUT2D eigenvalue weighted by molar-refractivity contribution is 7.89. The zero-order valence-electron chi connectivity index (χ0n) is 16.0. The van der Waals surface area contributed by atoms with E-state index >= 15 is 0 Å². The van der Waals surface area contributed by atoms with Gasteiger partial charge >= 0.3 is 6.18 Å². The van der Waals surface area contributed by atoms with Crippen LogP contribution in [0.2, 0.25) is 10.0 Å². The molecule has 1 fully saturated rings. The van der Waals surface area contributed by atoms with Crippen LogP contribution in [0.25, 0.3) is 0 Å². The quantitative estimate of drug-likeness (QED) is 0.681. The topological polar surface area (TPSA) is 69.7 Å². The van der Waals surface area contributed by atoms with Gasteiger partial charge in [-0.25, -0.2) is 8.42 Å². The number of benzene rings is 2. The second-order valence-corrected chi connectivity index (χ2v) is 9.60. The number of rotatable bonds is 5. The first-order valence-electron chi connectivity index (χ1n) is 9.12. The van der Waals surface area contributed by atoms with E-state index in [1.165, 1.54) is 0 Å². The standard InChI is InChI=1S/C19H18Cl2F3N3O3S/c20-15-6-5-13(11-14(15)19(22,23)24)31(29,30)27-9-7-26(8-10-27)12-18(28)25-17-4-2-1-3-16(17)21/h1-6,11H,7-10,12H2,(H,25,28). The maximum Gasteiger partial charge on any atom is 0.417 e. The molecule has 0 bridgehead atoms. The van der Waals surface area contributed by atoms with Crippen molar-refractivity contribution in [3.63, 3.8) is 0 Å². The number of para-hydroxylation sites is 1.